The van der Waals surface area contributed by atoms with Crippen LogP contribution < -0.4 is 5.32 Å². The lowest BCUT2D eigenvalue weighted by Gasteiger charge is -2.07. The maximum atomic E-state index is 12.7. The first-order valence-electron chi connectivity index (χ1n) is 8.65. The fourth-order valence-electron chi connectivity index (χ4n) is 3.51. The molecule has 1 aliphatic carbocycles. The molecule has 3 aromatic carbocycles. The first-order valence-corrected chi connectivity index (χ1v) is 8.65. The Balaban J connectivity index is 1.47. The Labute approximate surface area is 155 Å². The summed E-state index contributed by atoms with van der Waals surface area (Å²) in [6, 6.07) is 22.4. The van der Waals surface area contributed by atoms with Crippen LogP contribution >= 0.6 is 0 Å². The van der Waals surface area contributed by atoms with Gasteiger partial charge in [0.05, 0.1) is 17.4 Å². The predicted molar refractivity (Wildman–Crippen MR) is 105 cm³/mol. The lowest BCUT2D eigenvalue weighted by Crippen LogP contribution is -2.12. The first-order chi connectivity index (χ1) is 13.2. The number of carbonyl (C=O) groups is 2. The number of anilines is 1. The van der Waals surface area contributed by atoms with E-state index in [9.17, 15) is 9.59 Å². The van der Waals surface area contributed by atoms with E-state index >= 15 is 0 Å². The summed E-state index contributed by atoms with van der Waals surface area (Å²) in [5, 5.41) is 3.82. The van der Waals surface area contributed by atoms with Crippen molar-refractivity contribution in [2.45, 2.75) is 0 Å². The number of carbonyl (C=O) groups excluding carboxylic acids is 2. The minimum absolute atomic E-state index is 0.0392. The van der Waals surface area contributed by atoms with Crippen LogP contribution in [-0.4, -0.2) is 16.7 Å². The van der Waals surface area contributed by atoms with Gasteiger partial charge in [-0.05, 0) is 35.4 Å². The molecule has 1 aliphatic rings. The summed E-state index contributed by atoms with van der Waals surface area (Å²) in [6.07, 6.45) is 1.63. The molecule has 4 nitrogen and oxygen atoms in total. The molecule has 128 valence electrons. The highest BCUT2D eigenvalue weighted by molar-refractivity contribution is 6.22. The van der Waals surface area contributed by atoms with Crippen LogP contribution in [0.1, 0.15) is 26.3 Å². The molecule has 0 saturated heterocycles. The van der Waals surface area contributed by atoms with E-state index < -0.39 is 0 Å². The molecule has 1 amide bonds. The molecule has 0 spiro atoms. The lowest BCUT2D eigenvalue weighted by atomic mass is 10.0. The Kier molecular flexibility index (Phi) is 3.37. The van der Waals surface area contributed by atoms with E-state index in [0.717, 1.165) is 22.0 Å². The van der Waals surface area contributed by atoms with Gasteiger partial charge in [0.2, 0.25) is 0 Å². The molecule has 1 aromatic heterocycles. The molecular formula is C23H14N2O2. The monoisotopic (exact) mass is 350 g/mol. The number of rotatable bonds is 2. The van der Waals surface area contributed by atoms with Crippen molar-refractivity contribution in [3.8, 4) is 11.1 Å². The maximum Gasteiger partial charge on any atom is 0.255 e. The minimum Gasteiger partial charge on any atom is -0.321 e. The van der Waals surface area contributed by atoms with Gasteiger partial charge < -0.3 is 5.32 Å². The Bertz CT molecular complexity index is 1240. The smallest absolute Gasteiger partial charge is 0.255 e. The van der Waals surface area contributed by atoms with Crippen molar-refractivity contribution in [1.29, 1.82) is 0 Å². The molecule has 0 unspecified atom stereocenters. The maximum absolute atomic E-state index is 12.7. The number of fused-ring (bicyclic) bond motifs is 4. The van der Waals surface area contributed by atoms with Gasteiger partial charge in [-0.2, -0.15) is 0 Å². The molecule has 4 heteroatoms. The number of nitrogens with zero attached hydrogens (tertiary/aromatic N) is 1. The number of nitrogens with one attached hydrogen (secondary N) is 1. The summed E-state index contributed by atoms with van der Waals surface area (Å²) in [5.74, 6) is -0.304. The van der Waals surface area contributed by atoms with Crippen molar-refractivity contribution in [1.82, 2.24) is 4.98 Å². The molecule has 0 fully saturated rings. The molecular weight excluding hydrogens is 336 g/mol. The summed E-state index contributed by atoms with van der Waals surface area (Å²) in [5.41, 5.74) is 4.99. The number of ketones is 1. The summed E-state index contributed by atoms with van der Waals surface area (Å²) in [6.45, 7) is 0. The Morgan fingerprint density at radius 2 is 1.52 bits per heavy atom. The van der Waals surface area contributed by atoms with Crippen molar-refractivity contribution in [2.75, 3.05) is 5.32 Å². The van der Waals surface area contributed by atoms with Gasteiger partial charge in [0.25, 0.3) is 5.91 Å². The molecule has 0 saturated carbocycles. The fraction of sp³-hybridized carbons (Fsp3) is 0. The summed E-state index contributed by atoms with van der Waals surface area (Å²) >= 11 is 0. The third-order valence-electron chi connectivity index (χ3n) is 4.84. The van der Waals surface area contributed by atoms with E-state index in [0.29, 0.717) is 22.4 Å². The van der Waals surface area contributed by atoms with Gasteiger partial charge in [-0.3, -0.25) is 14.6 Å². The predicted octanol–water partition coefficient (Wildman–Crippen LogP) is 4.70. The van der Waals surface area contributed by atoms with Gasteiger partial charge >= 0.3 is 0 Å². The topological polar surface area (TPSA) is 59.1 Å². The van der Waals surface area contributed by atoms with Crippen molar-refractivity contribution in [2.24, 2.45) is 0 Å². The van der Waals surface area contributed by atoms with Gasteiger partial charge in [-0.25, -0.2) is 0 Å². The second kappa shape index (κ2) is 5.88. The van der Waals surface area contributed by atoms with Gasteiger partial charge in [-0.15, -0.1) is 0 Å². The third-order valence-corrected chi connectivity index (χ3v) is 4.84. The second-order valence-corrected chi connectivity index (χ2v) is 6.51. The SMILES string of the molecule is O=C(Nc1cnc2ccccc2c1)c1ccc2c(c1)C(=O)c1ccccc1-2. The van der Waals surface area contributed by atoms with Crippen molar-refractivity contribution >= 4 is 28.3 Å². The zero-order chi connectivity index (χ0) is 18.4. The van der Waals surface area contributed by atoms with Crippen LogP contribution in [0.4, 0.5) is 5.69 Å². The van der Waals surface area contributed by atoms with Crippen LogP contribution in [-0.2, 0) is 0 Å². The Morgan fingerprint density at radius 3 is 2.41 bits per heavy atom. The summed E-state index contributed by atoms with van der Waals surface area (Å²) < 4.78 is 0. The number of hydrogen-bond donors (Lipinski definition) is 1. The second-order valence-electron chi connectivity index (χ2n) is 6.51. The molecule has 0 radical (unpaired) electrons. The average Bonchev–Trinajstić information content (AvgIpc) is 3.00. The number of amides is 1. The largest absolute Gasteiger partial charge is 0.321 e. The van der Waals surface area contributed by atoms with Gasteiger partial charge in [0, 0.05) is 22.1 Å². The number of benzene rings is 3. The van der Waals surface area contributed by atoms with Crippen molar-refractivity contribution in [3.05, 3.63) is 95.7 Å². The number of hydrogen-bond acceptors (Lipinski definition) is 3. The van der Waals surface area contributed by atoms with Gasteiger partial charge in [-0.1, -0.05) is 48.5 Å². The molecule has 0 bridgehead atoms. The molecule has 27 heavy (non-hydrogen) atoms. The zero-order valence-electron chi connectivity index (χ0n) is 14.3. The highest BCUT2D eigenvalue weighted by Gasteiger charge is 2.27. The van der Waals surface area contributed by atoms with Crippen LogP contribution in [0.3, 0.4) is 0 Å². The van der Waals surface area contributed by atoms with Crippen LogP contribution in [0.15, 0.2) is 79.0 Å². The normalized spacial score (nSPS) is 11.9. The first kappa shape index (κ1) is 15.5. The molecule has 5 rings (SSSR count). The van der Waals surface area contributed by atoms with Crippen LogP contribution in [0.25, 0.3) is 22.0 Å². The number of aromatic nitrogens is 1. The summed E-state index contributed by atoms with van der Waals surface area (Å²) in [7, 11) is 0. The van der Waals surface area contributed by atoms with Crippen LogP contribution in [0.5, 0.6) is 0 Å². The molecule has 4 aromatic rings. The van der Waals surface area contributed by atoms with Crippen LogP contribution in [0, 0.1) is 0 Å². The van der Waals surface area contributed by atoms with E-state index in [4.69, 9.17) is 0 Å². The van der Waals surface area contributed by atoms with E-state index in [2.05, 4.69) is 10.3 Å². The fourth-order valence-corrected chi connectivity index (χ4v) is 3.51. The Hall–Kier alpha value is -3.79. The number of pyridine rings is 1. The molecule has 0 atom stereocenters. The minimum atomic E-state index is -0.265. The Morgan fingerprint density at radius 1 is 0.778 bits per heavy atom. The molecule has 0 aliphatic heterocycles. The average molecular weight is 350 g/mol. The third kappa shape index (κ3) is 2.50. The van der Waals surface area contributed by atoms with E-state index in [1.807, 2.05) is 60.7 Å². The van der Waals surface area contributed by atoms with Crippen molar-refractivity contribution < 1.29 is 9.59 Å². The molecule has 1 N–H and O–H groups in total. The van der Waals surface area contributed by atoms with E-state index in [1.165, 1.54) is 0 Å². The quantitative estimate of drug-likeness (QED) is 0.502. The highest BCUT2D eigenvalue weighted by Crippen LogP contribution is 2.36. The van der Waals surface area contributed by atoms with E-state index in [1.54, 1.807) is 18.3 Å². The van der Waals surface area contributed by atoms with Crippen molar-refractivity contribution in [3.63, 3.8) is 0 Å². The van der Waals surface area contributed by atoms with Crippen LogP contribution in [0.2, 0.25) is 0 Å². The van der Waals surface area contributed by atoms with E-state index in [-0.39, 0.29) is 11.7 Å². The lowest BCUT2D eigenvalue weighted by molar-refractivity contribution is 0.102. The van der Waals surface area contributed by atoms with Gasteiger partial charge in [0.1, 0.15) is 0 Å². The molecule has 1 heterocycles. The number of para-hydroxylation sites is 1. The standard InChI is InChI=1S/C23H14N2O2/c26-22-19-7-3-2-6-17(19)18-10-9-15(12-20(18)22)23(27)25-16-11-14-5-1-4-8-21(14)24-13-16/h1-13H,(H,25,27). The summed E-state index contributed by atoms with van der Waals surface area (Å²) in [4.78, 5) is 29.7. The van der Waals surface area contributed by atoms with Gasteiger partial charge in [0.15, 0.2) is 5.78 Å². The highest BCUT2D eigenvalue weighted by atomic mass is 16.1. The zero-order valence-corrected chi connectivity index (χ0v) is 14.3.